The topological polar surface area (TPSA) is 58.4 Å². The van der Waals surface area contributed by atoms with E-state index in [1.165, 1.54) is 38.8 Å². The highest BCUT2D eigenvalue weighted by molar-refractivity contribution is 5.85. The van der Waals surface area contributed by atoms with E-state index in [-0.39, 0.29) is 36.8 Å². The minimum Gasteiger partial charge on any atom is -0.355 e. The van der Waals surface area contributed by atoms with Crippen molar-refractivity contribution in [3.8, 4) is 0 Å². The Hall–Kier alpha value is -0.0300. The maximum atomic E-state index is 12.0. The lowest BCUT2D eigenvalue weighted by molar-refractivity contribution is -0.122. The van der Waals surface area contributed by atoms with E-state index in [1.54, 1.807) is 0 Å². The van der Waals surface area contributed by atoms with Gasteiger partial charge in [0.05, 0.1) is 0 Å². The average molecular weight is 354 g/mol. The zero-order chi connectivity index (χ0) is 14.4. The fourth-order valence-corrected chi connectivity index (χ4v) is 3.44. The summed E-state index contributed by atoms with van der Waals surface area (Å²) in [5, 5.41) is 3.07. The van der Waals surface area contributed by atoms with Gasteiger partial charge in [-0.25, -0.2) is 0 Å². The molecule has 0 spiro atoms. The molecule has 0 bridgehead atoms. The van der Waals surface area contributed by atoms with E-state index in [9.17, 15) is 4.79 Å². The molecule has 3 N–H and O–H groups in total. The zero-order valence-electron chi connectivity index (χ0n) is 13.8. The van der Waals surface area contributed by atoms with Gasteiger partial charge in [0.25, 0.3) is 0 Å². The van der Waals surface area contributed by atoms with Crippen LogP contribution in [0.1, 0.15) is 51.9 Å². The zero-order valence-corrected chi connectivity index (χ0v) is 15.4. The third kappa shape index (κ3) is 7.49. The van der Waals surface area contributed by atoms with Crippen molar-refractivity contribution >= 4 is 30.7 Å². The van der Waals surface area contributed by atoms with Crippen molar-refractivity contribution in [3.63, 3.8) is 0 Å². The summed E-state index contributed by atoms with van der Waals surface area (Å²) in [6, 6.07) is 0.234. The minimum atomic E-state index is 0. The first kappa shape index (κ1) is 22.0. The Balaban J connectivity index is 0.00000220. The molecular formula is C16H33Cl2N3O. The Bertz CT molecular complexity index is 310. The Kier molecular flexibility index (Phi) is 11.5. The molecule has 132 valence electrons. The first-order valence-corrected chi connectivity index (χ1v) is 8.40. The van der Waals surface area contributed by atoms with Gasteiger partial charge in [-0.3, -0.25) is 4.79 Å². The van der Waals surface area contributed by atoms with Gasteiger partial charge >= 0.3 is 0 Å². The highest BCUT2D eigenvalue weighted by atomic mass is 35.5. The minimum absolute atomic E-state index is 0. The number of nitrogens with one attached hydrogen (secondary N) is 1. The van der Waals surface area contributed by atoms with Crippen LogP contribution in [0.25, 0.3) is 0 Å². The summed E-state index contributed by atoms with van der Waals surface area (Å²) >= 11 is 0. The quantitative estimate of drug-likeness (QED) is 0.798. The number of hydrogen-bond acceptors (Lipinski definition) is 3. The van der Waals surface area contributed by atoms with Gasteiger partial charge in [-0.15, -0.1) is 24.8 Å². The molecule has 4 nitrogen and oxygen atoms in total. The van der Waals surface area contributed by atoms with Crippen LogP contribution in [0.5, 0.6) is 0 Å². The highest BCUT2D eigenvalue weighted by Gasteiger charge is 2.24. The molecule has 0 aromatic rings. The van der Waals surface area contributed by atoms with Crippen LogP contribution >= 0.6 is 24.8 Å². The number of likely N-dealkylation sites (tertiary alicyclic amines) is 1. The maximum Gasteiger partial charge on any atom is 0.220 e. The van der Waals surface area contributed by atoms with Gasteiger partial charge in [-0.1, -0.05) is 19.8 Å². The Morgan fingerprint density at radius 1 is 1.14 bits per heavy atom. The first-order chi connectivity index (χ1) is 9.65. The molecule has 6 heteroatoms. The van der Waals surface area contributed by atoms with Crippen molar-refractivity contribution < 1.29 is 4.79 Å². The van der Waals surface area contributed by atoms with Crippen LogP contribution in [0.2, 0.25) is 0 Å². The van der Waals surface area contributed by atoms with Gasteiger partial charge in [0, 0.05) is 25.6 Å². The largest absolute Gasteiger partial charge is 0.355 e. The second-order valence-electron chi connectivity index (χ2n) is 6.79. The lowest BCUT2D eigenvalue weighted by Gasteiger charge is -2.30. The average Bonchev–Trinajstić information content (AvgIpc) is 2.44. The van der Waals surface area contributed by atoms with Crippen LogP contribution in [0, 0.1) is 11.8 Å². The van der Waals surface area contributed by atoms with Gasteiger partial charge in [-0.05, 0) is 50.6 Å². The van der Waals surface area contributed by atoms with Crippen LogP contribution in [-0.4, -0.2) is 43.0 Å². The van der Waals surface area contributed by atoms with Gasteiger partial charge < -0.3 is 16.0 Å². The van der Waals surface area contributed by atoms with Crippen molar-refractivity contribution in [1.82, 2.24) is 10.2 Å². The molecule has 2 fully saturated rings. The van der Waals surface area contributed by atoms with Gasteiger partial charge in [-0.2, -0.15) is 0 Å². The molecule has 0 aromatic heterocycles. The molecule has 2 atom stereocenters. The second kappa shape index (κ2) is 11.5. The van der Waals surface area contributed by atoms with Gasteiger partial charge in [0.1, 0.15) is 0 Å². The molecule has 1 aliphatic carbocycles. The lowest BCUT2D eigenvalue weighted by Crippen LogP contribution is -2.41. The summed E-state index contributed by atoms with van der Waals surface area (Å²) in [5.41, 5.74) is 6.10. The van der Waals surface area contributed by atoms with Crippen LogP contribution in [0.3, 0.4) is 0 Å². The van der Waals surface area contributed by atoms with Crippen molar-refractivity contribution in [1.29, 1.82) is 0 Å². The smallest absolute Gasteiger partial charge is 0.220 e. The molecule has 1 heterocycles. The predicted octanol–water partition coefficient (Wildman–Crippen LogP) is 2.59. The second-order valence-corrected chi connectivity index (χ2v) is 6.79. The van der Waals surface area contributed by atoms with E-state index >= 15 is 0 Å². The number of piperidine rings is 1. The first-order valence-electron chi connectivity index (χ1n) is 8.40. The number of nitrogens with zero attached hydrogens (tertiary/aromatic N) is 1. The Labute approximate surface area is 147 Å². The van der Waals surface area contributed by atoms with Crippen molar-refractivity contribution in [3.05, 3.63) is 0 Å². The summed E-state index contributed by atoms with van der Waals surface area (Å²) in [6.45, 7) is 6.48. The van der Waals surface area contributed by atoms with E-state index in [0.717, 1.165) is 31.8 Å². The van der Waals surface area contributed by atoms with E-state index < -0.39 is 0 Å². The van der Waals surface area contributed by atoms with E-state index in [4.69, 9.17) is 5.73 Å². The summed E-state index contributed by atoms with van der Waals surface area (Å²) in [5.74, 6) is 1.46. The molecule has 0 aromatic carbocycles. The molecule has 22 heavy (non-hydrogen) atoms. The number of halogens is 2. The van der Waals surface area contributed by atoms with E-state index in [0.29, 0.717) is 12.3 Å². The van der Waals surface area contributed by atoms with E-state index in [1.807, 2.05) is 0 Å². The molecule has 1 saturated carbocycles. The summed E-state index contributed by atoms with van der Waals surface area (Å²) in [7, 11) is 0. The highest BCUT2D eigenvalue weighted by Crippen LogP contribution is 2.25. The fraction of sp³-hybridized carbons (Fsp3) is 0.938. The number of amides is 1. The third-order valence-corrected chi connectivity index (χ3v) is 5.04. The SMILES string of the molecule is CC1CCN(CCNC(=O)CC2CCCCC2N)CC1.Cl.Cl. The molecule has 2 rings (SSSR count). The number of carbonyl (C=O) groups excluding carboxylic acids is 1. The number of rotatable bonds is 5. The van der Waals surface area contributed by atoms with Crippen LogP contribution in [0.15, 0.2) is 0 Å². The van der Waals surface area contributed by atoms with Crippen molar-refractivity contribution in [2.24, 2.45) is 17.6 Å². The molecular weight excluding hydrogens is 321 g/mol. The normalized spacial score (nSPS) is 26.6. The third-order valence-electron chi connectivity index (χ3n) is 5.04. The van der Waals surface area contributed by atoms with Crippen molar-refractivity contribution in [2.45, 2.75) is 57.9 Å². The monoisotopic (exact) mass is 353 g/mol. The standard InChI is InChI=1S/C16H31N3O.2ClH/c1-13-6-9-19(10-7-13)11-8-18-16(20)12-14-4-2-3-5-15(14)17;;/h13-15H,2-12,17H2,1H3,(H,18,20);2*1H. The predicted molar refractivity (Wildman–Crippen MR) is 96.9 cm³/mol. The van der Waals surface area contributed by atoms with Crippen LogP contribution in [-0.2, 0) is 4.79 Å². The molecule has 1 saturated heterocycles. The molecule has 2 unspecified atom stereocenters. The summed E-state index contributed by atoms with van der Waals surface area (Å²) in [4.78, 5) is 14.4. The summed E-state index contributed by atoms with van der Waals surface area (Å²) < 4.78 is 0. The van der Waals surface area contributed by atoms with E-state index in [2.05, 4.69) is 17.1 Å². The fourth-order valence-electron chi connectivity index (χ4n) is 3.44. The molecule has 0 radical (unpaired) electrons. The van der Waals surface area contributed by atoms with Crippen molar-refractivity contribution in [2.75, 3.05) is 26.2 Å². The molecule has 1 amide bonds. The number of carbonyl (C=O) groups is 1. The number of hydrogen-bond donors (Lipinski definition) is 2. The maximum absolute atomic E-state index is 12.0. The molecule has 1 aliphatic heterocycles. The van der Waals surface area contributed by atoms with Crippen LogP contribution in [0.4, 0.5) is 0 Å². The van der Waals surface area contributed by atoms with Gasteiger partial charge in [0.15, 0.2) is 0 Å². The summed E-state index contributed by atoms with van der Waals surface area (Å²) in [6.07, 6.45) is 7.89. The van der Waals surface area contributed by atoms with Crippen LogP contribution < -0.4 is 11.1 Å². The Morgan fingerprint density at radius 3 is 2.41 bits per heavy atom. The lowest BCUT2D eigenvalue weighted by atomic mass is 9.83. The Morgan fingerprint density at radius 2 is 1.77 bits per heavy atom. The van der Waals surface area contributed by atoms with Gasteiger partial charge in [0.2, 0.25) is 5.91 Å². The molecule has 2 aliphatic rings. The number of nitrogens with two attached hydrogens (primary N) is 1.